The smallest absolute Gasteiger partial charge is 0.307 e. The first kappa shape index (κ1) is 21.2. The number of carbonyl (C=O) groups excluding carboxylic acids is 2. The molecule has 0 radical (unpaired) electrons. The summed E-state index contributed by atoms with van der Waals surface area (Å²) in [6, 6.07) is 11.5. The van der Waals surface area contributed by atoms with E-state index in [-0.39, 0.29) is 18.7 Å². The van der Waals surface area contributed by atoms with Crippen LogP contribution < -0.4 is 5.32 Å². The fourth-order valence-electron chi connectivity index (χ4n) is 2.93. The Morgan fingerprint density at radius 3 is 2.47 bits per heavy atom. The predicted octanol–water partition coefficient (Wildman–Crippen LogP) is 4.60. The number of aryl methyl sites for hydroxylation is 3. The summed E-state index contributed by atoms with van der Waals surface area (Å²) in [4.78, 5) is 28.6. The van der Waals surface area contributed by atoms with E-state index >= 15 is 0 Å². The number of hydrogen-bond acceptors (Lipinski definition) is 5. The minimum Gasteiger partial charge on any atom is -0.453 e. The SMILES string of the molecule is Cc1cccc(C)c1NC(=O)C(C)OC(=O)CCc1ncc(-c2ccc(F)cc2)o1. The van der Waals surface area contributed by atoms with Gasteiger partial charge in [-0.25, -0.2) is 9.37 Å². The van der Waals surface area contributed by atoms with Gasteiger partial charge in [-0.15, -0.1) is 0 Å². The van der Waals surface area contributed by atoms with Gasteiger partial charge in [0.15, 0.2) is 17.8 Å². The largest absolute Gasteiger partial charge is 0.453 e. The third-order valence-electron chi connectivity index (χ3n) is 4.63. The highest BCUT2D eigenvalue weighted by atomic mass is 19.1. The number of anilines is 1. The Bertz CT molecular complexity index is 1020. The average molecular weight is 410 g/mol. The van der Waals surface area contributed by atoms with Crippen LogP contribution in [0.2, 0.25) is 0 Å². The van der Waals surface area contributed by atoms with Crippen molar-refractivity contribution in [2.24, 2.45) is 0 Å². The predicted molar refractivity (Wildman–Crippen MR) is 110 cm³/mol. The summed E-state index contributed by atoms with van der Waals surface area (Å²) in [5.41, 5.74) is 3.28. The zero-order valence-electron chi connectivity index (χ0n) is 17.1. The van der Waals surface area contributed by atoms with E-state index in [0.29, 0.717) is 17.2 Å². The number of amides is 1. The number of nitrogens with zero attached hydrogens (tertiary/aromatic N) is 1. The van der Waals surface area contributed by atoms with E-state index in [2.05, 4.69) is 10.3 Å². The molecule has 1 amide bonds. The van der Waals surface area contributed by atoms with Gasteiger partial charge < -0.3 is 14.5 Å². The number of ether oxygens (including phenoxy) is 1. The van der Waals surface area contributed by atoms with E-state index in [1.165, 1.54) is 25.3 Å². The van der Waals surface area contributed by atoms with Crippen molar-refractivity contribution in [3.63, 3.8) is 0 Å². The standard InChI is InChI=1S/C23H23FN2O4/c1-14-5-4-6-15(2)22(14)26-23(28)16(3)29-21(27)12-11-20-25-13-19(30-20)17-7-9-18(24)10-8-17/h4-10,13,16H,11-12H2,1-3H3,(H,26,28). The van der Waals surface area contributed by atoms with E-state index in [4.69, 9.17) is 9.15 Å². The Labute approximate surface area is 174 Å². The summed E-state index contributed by atoms with van der Waals surface area (Å²) in [5.74, 6) is -0.410. The van der Waals surface area contributed by atoms with Crippen molar-refractivity contribution in [2.45, 2.75) is 39.7 Å². The summed E-state index contributed by atoms with van der Waals surface area (Å²) in [7, 11) is 0. The molecule has 1 N–H and O–H groups in total. The van der Waals surface area contributed by atoms with Crippen molar-refractivity contribution in [2.75, 3.05) is 5.32 Å². The molecule has 1 unspecified atom stereocenters. The van der Waals surface area contributed by atoms with Crippen LogP contribution >= 0.6 is 0 Å². The fraction of sp³-hybridized carbons (Fsp3) is 0.261. The molecule has 0 aliphatic rings. The number of para-hydroxylation sites is 1. The first-order valence-electron chi connectivity index (χ1n) is 9.60. The van der Waals surface area contributed by atoms with Gasteiger partial charge in [0.05, 0.1) is 12.6 Å². The molecule has 0 aliphatic carbocycles. The van der Waals surface area contributed by atoms with Crippen molar-refractivity contribution in [3.05, 3.63) is 71.5 Å². The van der Waals surface area contributed by atoms with Gasteiger partial charge in [0.1, 0.15) is 5.82 Å². The molecule has 0 saturated heterocycles. The number of esters is 1. The Balaban J connectivity index is 1.50. The molecule has 3 aromatic rings. The molecule has 1 heterocycles. The van der Waals surface area contributed by atoms with Crippen LogP contribution in [-0.4, -0.2) is 23.0 Å². The number of nitrogens with one attached hydrogen (secondary N) is 1. The zero-order valence-corrected chi connectivity index (χ0v) is 17.1. The lowest BCUT2D eigenvalue weighted by Crippen LogP contribution is -2.30. The van der Waals surface area contributed by atoms with Crippen LogP contribution in [0.5, 0.6) is 0 Å². The molecule has 2 aromatic carbocycles. The van der Waals surface area contributed by atoms with Gasteiger partial charge in [-0.2, -0.15) is 0 Å². The average Bonchev–Trinajstić information content (AvgIpc) is 3.18. The maximum atomic E-state index is 13.0. The van der Waals surface area contributed by atoms with Crippen LogP contribution in [0.25, 0.3) is 11.3 Å². The van der Waals surface area contributed by atoms with Gasteiger partial charge in [-0.05, 0) is 56.2 Å². The van der Waals surface area contributed by atoms with E-state index in [1.807, 2.05) is 32.0 Å². The Morgan fingerprint density at radius 2 is 1.80 bits per heavy atom. The van der Waals surface area contributed by atoms with E-state index in [9.17, 15) is 14.0 Å². The third-order valence-corrected chi connectivity index (χ3v) is 4.63. The Kier molecular flexibility index (Phi) is 6.61. The Morgan fingerprint density at radius 1 is 1.13 bits per heavy atom. The molecule has 156 valence electrons. The van der Waals surface area contributed by atoms with Crippen molar-refractivity contribution in [1.82, 2.24) is 4.98 Å². The van der Waals surface area contributed by atoms with Gasteiger partial charge >= 0.3 is 5.97 Å². The quantitative estimate of drug-likeness (QED) is 0.576. The monoisotopic (exact) mass is 410 g/mol. The molecule has 3 rings (SSSR count). The molecule has 7 heteroatoms. The fourth-order valence-corrected chi connectivity index (χ4v) is 2.93. The molecule has 30 heavy (non-hydrogen) atoms. The number of hydrogen-bond donors (Lipinski definition) is 1. The Hall–Kier alpha value is -3.48. The van der Waals surface area contributed by atoms with E-state index in [0.717, 1.165) is 16.8 Å². The molecule has 1 aromatic heterocycles. The first-order chi connectivity index (χ1) is 14.3. The lowest BCUT2D eigenvalue weighted by molar-refractivity contribution is -0.153. The van der Waals surface area contributed by atoms with Crippen molar-refractivity contribution < 1.29 is 23.1 Å². The first-order valence-corrected chi connectivity index (χ1v) is 9.60. The highest BCUT2D eigenvalue weighted by Crippen LogP contribution is 2.22. The highest BCUT2D eigenvalue weighted by Gasteiger charge is 2.19. The van der Waals surface area contributed by atoms with Crippen molar-refractivity contribution >= 4 is 17.6 Å². The summed E-state index contributed by atoms with van der Waals surface area (Å²) in [5, 5.41) is 2.81. The summed E-state index contributed by atoms with van der Waals surface area (Å²) < 4.78 is 23.8. The van der Waals surface area contributed by atoms with Gasteiger partial charge in [-0.3, -0.25) is 9.59 Å². The molecular weight excluding hydrogens is 387 g/mol. The maximum Gasteiger partial charge on any atom is 0.307 e. The topological polar surface area (TPSA) is 81.4 Å². The minimum absolute atomic E-state index is 0.0182. The van der Waals surface area contributed by atoms with Gasteiger partial charge in [0.2, 0.25) is 0 Å². The zero-order chi connectivity index (χ0) is 21.7. The van der Waals surface area contributed by atoms with Gasteiger partial charge in [0, 0.05) is 17.7 Å². The number of oxazole rings is 1. The molecule has 0 aliphatic heterocycles. The maximum absolute atomic E-state index is 13.0. The summed E-state index contributed by atoms with van der Waals surface area (Å²) in [6.45, 7) is 5.32. The van der Waals surface area contributed by atoms with Crippen LogP contribution in [0.15, 0.2) is 53.1 Å². The number of rotatable bonds is 7. The van der Waals surface area contributed by atoms with E-state index < -0.39 is 18.0 Å². The van der Waals surface area contributed by atoms with Crippen molar-refractivity contribution in [1.29, 1.82) is 0 Å². The third kappa shape index (κ3) is 5.31. The van der Waals surface area contributed by atoms with Gasteiger partial charge in [0.25, 0.3) is 5.91 Å². The normalized spacial score (nSPS) is 11.7. The number of benzene rings is 2. The van der Waals surface area contributed by atoms with Crippen LogP contribution in [-0.2, 0) is 20.7 Å². The van der Waals surface area contributed by atoms with Crippen LogP contribution in [0, 0.1) is 19.7 Å². The number of aromatic nitrogens is 1. The second-order valence-electron chi connectivity index (χ2n) is 7.01. The van der Waals surface area contributed by atoms with E-state index in [1.54, 1.807) is 12.1 Å². The molecule has 0 bridgehead atoms. The molecule has 0 fully saturated rings. The lowest BCUT2D eigenvalue weighted by atomic mass is 10.1. The molecule has 6 nitrogen and oxygen atoms in total. The van der Waals surface area contributed by atoms with Crippen LogP contribution in [0.1, 0.15) is 30.4 Å². The molecule has 0 saturated carbocycles. The van der Waals surface area contributed by atoms with Crippen molar-refractivity contribution in [3.8, 4) is 11.3 Å². The summed E-state index contributed by atoms with van der Waals surface area (Å²) in [6.07, 6.45) is 0.834. The van der Waals surface area contributed by atoms with Crippen LogP contribution in [0.3, 0.4) is 0 Å². The lowest BCUT2D eigenvalue weighted by Gasteiger charge is -2.16. The number of halogens is 1. The second-order valence-corrected chi connectivity index (χ2v) is 7.01. The molecule has 1 atom stereocenters. The van der Waals surface area contributed by atoms with Gasteiger partial charge in [-0.1, -0.05) is 18.2 Å². The molecular formula is C23H23FN2O4. The molecule has 0 spiro atoms. The summed E-state index contributed by atoms with van der Waals surface area (Å²) >= 11 is 0. The second kappa shape index (κ2) is 9.35. The highest BCUT2D eigenvalue weighted by molar-refractivity contribution is 5.96. The van der Waals surface area contributed by atoms with Crippen LogP contribution in [0.4, 0.5) is 10.1 Å². The minimum atomic E-state index is -0.934. The number of carbonyl (C=O) groups is 2.